The van der Waals surface area contributed by atoms with Gasteiger partial charge in [-0.2, -0.15) is 0 Å². The first-order valence-electron chi connectivity index (χ1n) is 10.9. The summed E-state index contributed by atoms with van der Waals surface area (Å²) < 4.78 is 7.32. The molecule has 0 atom stereocenters. The number of hydrogen-bond donors (Lipinski definition) is 1. The number of unbranched alkanes of at least 4 members (excludes halogenated alkanes) is 1. The van der Waals surface area contributed by atoms with E-state index in [4.69, 9.17) is 10.5 Å². The first-order chi connectivity index (χ1) is 14.4. The van der Waals surface area contributed by atoms with E-state index in [9.17, 15) is 0 Å². The van der Waals surface area contributed by atoms with Gasteiger partial charge in [-0.05, 0) is 61.9 Å². The molecule has 0 unspecified atom stereocenters. The molecule has 2 N–H and O–H groups in total. The summed E-state index contributed by atoms with van der Waals surface area (Å²) in [5, 5.41) is 0. The van der Waals surface area contributed by atoms with Crippen molar-refractivity contribution in [1.82, 2.24) is 9.38 Å². The van der Waals surface area contributed by atoms with Crippen molar-refractivity contribution in [2.75, 3.05) is 13.2 Å². The maximum Gasteiger partial charge on any atom is 0.137 e. The van der Waals surface area contributed by atoms with Crippen LogP contribution in [0.3, 0.4) is 0 Å². The van der Waals surface area contributed by atoms with Gasteiger partial charge in [-0.25, -0.2) is 4.98 Å². The average Bonchev–Trinajstić information content (AvgIpc) is 3.14. The molecule has 2 heterocycles. The first-order valence-corrected chi connectivity index (χ1v) is 10.9. The van der Waals surface area contributed by atoms with Crippen LogP contribution in [0.25, 0.3) is 22.3 Å². The van der Waals surface area contributed by atoms with Gasteiger partial charge in [-0.1, -0.05) is 50.6 Å². The monoisotopic (exact) mass is 407 g/mol. The minimum absolute atomic E-state index is 0.494. The number of imidazole rings is 1. The zero-order valence-electron chi connectivity index (χ0n) is 19.3. The molecule has 4 nitrogen and oxygen atoms in total. The lowest BCUT2D eigenvalue weighted by molar-refractivity contribution is 0.132. The zero-order valence-corrected chi connectivity index (χ0v) is 19.3. The highest BCUT2D eigenvalue weighted by atomic mass is 16.5. The molecule has 0 amide bonds. The Morgan fingerprint density at radius 2 is 1.87 bits per heavy atom. The van der Waals surface area contributed by atoms with E-state index in [0.29, 0.717) is 6.54 Å². The molecule has 0 saturated carbocycles. The third-order valence-electron chi connectivity index (χ3n) is 5.05. The summed E-state index contributed by atoms with van der Waals surface area (Å²) in [6, 6.07) is 8.58. The van der Waals surface area contributed by atoms with E-state index in [1.807, 2.05) is 13.1 Å². The maximum absolute atomic E-state index is 5.97. The second-order valence-electron chi connectivity index (χ2n) is 7.85. The van der Waals surface area contributed by atoms with Crippen molar-refractivity contribution < 1.29 is 4.74 Å². The second-order valence-corrected chi connectivity index (χ2v) is 7.85. The van der Waals surface area contributed by atoms with Crippen molar-refractivity contribution in [3.8, 4) is 11.1 Å². The molecule has 30 heavy (non-hydrogen) atoms. The number of hydrogen-bond acceptors (Lipinski definition) is 3. The fourth-order valence-corrected chi connectivity index (χ4v) is 3.40. The van der Waals surface area contributed by atoms with Crippen molar-refractivity contribution in [2.45, 2.75) is 60.4 Å². The van der Waals surface area contributed by atoms with E-state index in [1.165, 1.54) is 29.5 Å². The number of aryl methyl sites for hydroxylation is 2. The van der Waals surface area contributed by atoms with Crippen molar-refractivity contribution in [3.05, 3.63) is 65.6 Å². The van der Waals surface area contributed by atoms with Crippen LogP contribution in [-0.2, 0) is 11.3 Å². The number of allylic oxidation sites excluding steroid dienone is 1. The van der Waals surface area contributed by atoms with Crippen molar-refractivity contribution in [1.29, 1.82) is 0 Å². The number of pyridine rings is 1. The highest BCUT2D eigenvalue weighted by Gasteiger charge is 2.12. The lowest BCUT2D eigenvalue weighted by Gasteiger charge is -2.13. The van der Waals surface area contributed by atoms with Crippen LogP contribution in [0.15, 0.2) is 43.2 Å². The number of nitrogens with zero attached hydrogens (tertiary/aromatic N) is 2. The van der Waals surface area contributed by atoms with Gasteiger partial charge in [0.15, 0.2) is 0 Å². The standard InChI is InChI=1S/C19H21N3.C7H16O/c1-12(2)18-10-21-19-8-15(9-20)17(11-22(18)19)16-6-5-13(3)7-14(16)4;1-3-5-7-8-6-4-2/h5-8,10-11H,1,9,20H2,2-4H3;3-7H2,1-2H3. The predicted octanol–water partition coefficient (Wildman–Crippen LogP) is 6.32. The summed E-state index contributed by atoms with van der Waals surface area (Å²) in [4.78, 5) is 4.47. The van der Waals surface area contributed by atoms with Gasteiger partial charge in [0.1, 0.15) is 5.65 Å². The Morgan fingerprint density at radius 3 is 2.47 bits per heavy atom. The lowest BCUT2D eigenvalue weighted by atomic mass is 9.96. The smallest absolute Gasteiger partial charge is 0.137 e. The van der Waals surface area contributed by atoms with Crippen LogP contribution in [0.1, 0.15) is 62.4 Å². The summed E-state index contributed by atoms with van der Waals surface area (Å²) in [5.74, 6) is 0. The highest BCUT2D eigenvalue weighted by Crippen LogP contribution is 2.29. The van der Waals surface area contributed by atoms with Gasteiger partial charge in [0.05, 0.1) is 11.9 Å². The molecule has 4 heteroatoms. The Morgan fingerprint density at radius 1 is 1.10 bits per heavy atom. The fraction of sp³-hybridized carbons (Fsp3) is 0.423. The van der Waals surface area contributed by atoms with Gasteiger partial charge >= 0.3 is 0 Å². The molecule has 0 aliphatic carbocycles. The molecule has 1 aromatic carbocycles. The molecule has 0 spiro atoms. The molecule has 0 fully saturated rings. The number of fused-ring (bicyclic) bond motifs is 1. The number of nitrogens with two attached hydrogens (primary N) is 1. The van der Waals surface area contributed by atoms with E-state index in [0.717, 1.165) is 47.7 Å². The minimum atomic E-state index is 0.494. The average molecular weight is 408 g/mol. The summed E-state index contributed by atoms with van der Waals surface area (Å²) in [6.45, 7) is 17.0. The first kappa shape index (κ1) is 23.8. The Balaban J connectivity index is 0.000000343. The van der Waals surface area contributed by atoms with E-state index in [1.54, 1.807) is 0 Å². The van der Waals surface area contributed by atoms with Crippen LogP contribution in [0.4, 0.5) is 0 Å². The highest BCUT2D eigenvalue weighted by molar-refractivity contribution is 5.73. The van der Waals surface area contributed by atoms with Crippen molar-refractivity contribution >= 4 is 11.2 Å². The normalized spacial score (nSPS) is 10.7. The molecule has 0 aliphatic rings. The van der Waals surface area contributed by atoms with E-state index < -0.39 is 0 Å². The molecular formula is C26H37N3O. The van der Waals surface area contributed by atoms with Crippen LogP contribution >= 0.6 is 0 Å². The summed E-state index contributed by atoms with van der Waals surface area (Å²) >= 11 is 0. The molecular weight excluding hydrogens is 370 g/mol. The third kappa shape index (κ3) is 6.04. The number of ether oxygens (including phenoxy) is 1. The Labute approximate surface area is 181 Å². The van der Waals surface area contributed by atoms with Gasteiger partial charge in [-0.3, -0.25) is 4.40 Å². The zero-order chi connectivity index (χ0) is 22.1. The Kier molecular flexibility index (Phi) is 9.28. The SMILES string of the molecule is C=C(C)c1cnc2cc(CN)c(-c3ccc(C)cc3C)cn12.CCCCOCCC. The van der Waals surface area contributed by atoms with Crippen LogP contribution < -0.4 is 5.73 Å². The molecule has 2 aromatic heterocycles. The summed E-state index contributed by atoms with van der Waals surface area (Å²) in [7, 11) is 0. The van der Waals surface area contributed by atoms with Gasteiger partial charge in [0, 0.05) is 31.5 Å². The number of benzene rings is 1. The quantitative estimate of drug-likeness (QED) is 0.444. The lowest BCUT2D eigenvalue weighted by Crippen LogP contribution is -2.03. The molecule has 3 aromatic rings. The van der Waals surface area contributed by atoms with Gasteiger partial charge in [0.2, 0.25) is 0 Å². The number of aromatic nitrogens is 2. The van der Waals surface area contributed by atoms with E-state index in [-0.39, 0.29) is 0 Å². The van der Waals surface area contributed by atoms with E-state index in [2.05, 4.69) is 74.1 Å². The van der Waals surface area contributed by atoms with E-state index >= 15 is 0 Å². The molecule has 0 aliphatic heterocycles. The molecule has 0 saturated heterocycles. The Hall–Kier alpha value is -2.43. The molecule has 0 radical (unpaired) electrons. The topological polar surface area (TPSA) is 52.5 Å². The van der Waals surface area contributed by atoms with Crippen molar-refractivity contribution in [2.24, 2.45) is 5.73 Å². The van der Waals surface area contributed by atoms with Gasteiger partial charge in [0.25, 0.3) is 0 Å². The van der Waals surface area contributed by atoms with Crippen LogP contribution in [-0.4, -0.2) is 22.6 Å². The summed E-state index contributed by atoms with van der Waals surface area (Å²) in [5.41, 5.74) is 14.9. The predicted molar refractivity (Wildman–Crippen MR) is 129 cm³/mol. The summed E-state index contributed by atoms with van der Waals surface area (Å²) in [6.07, 6.45) is 7.59. The molecule has 0 bridgehead atoms. The molecule has 3 rings (SSSR count). The fourth-order valence-electron chi connectivity index (χ4n) is 3.40. The third-order valence-corrected chi connectivity index (χ3v) is 5.05. The van der Waals surface area contributed by atoms with Crippen LogP contribution in [0.5, 0.6) is 0 Å². The second kappa shape index (κ2) is 11.7. The van der Waals surface area contributed by atoms with Gasteiger partial charge in [-0.15, -0.1) is 0 Å². The largest absolute Gasteiger partial charge is 0.381 e. The number of rotatable bonds is 8. The minimum Gasteiger partial charge on any atom is -0.381 e. The molecule has 162 valence electrons. The van der Waals surface area contributed by atoms with Crippen LogP contribution in [0.2, 0.25) is 0 Å². The van der Waals surface area contributed by atoms with Crippen LogP contribution in [0, 0.1) is 13.8 Å². The van der Waals surface area contributed by atoms with Crippen molar-refractivity contribution in [3.63, 3.8) is 0 Å². The maximum atomic E-state index is 5.97. The Bertz CT molecular complexity index is 966. The van der Waals surface area contributed by atoms with Gasteiger partial charge < -0.3 is 10.5 Å².